The zero-order chi connectivity index (χ0) is 11.7. The van der Waals surface area contributed by atoms with Gasteiger partial charge in [0.2, 0.25) is 0 Å². The Hall–Kier alpha value is -1.44. The van der Waals surface area contributed by atoms with Gasteiger partial charge in [-0.15, -0.1) is 0 Å². The predicted octanol–water partition coefficient (Wildman–Crippen LogP) is 3.31. The Morgan fingerprint density at radius 2 is 1.94 bits per heavy atom. The van der Waals surface area contributed by atoms with E-state index in [2.05, 4.69) is 37.6 Å². The summed E-state index contributed by atoms with van der Waals surface area (Å²) in [4.78, 5) is 0. The van der Waals surface area contributed by atoms with Crippen LogP contribution in [0.5, 0.6) is 5.75 Å². The molecular weight excluding hydrogens is 198 g/mol. The number of rotatable bonds is 3. The summed E-state index contributed by atoms with van der Waals surface area (Å²) in [6, 6.07) is 6.32. The van der Waals surface area contributed by atoms with E-state index in [1.54, 1.807) is 7.11 Å². The number of aromatic nitrogens is 1. The number of benzene rings is 1. The van der Waals surface area contributed by atoms with Crippen molar-refractivity contribution in [2.24, 2.45) is 7.05 Å². The highest BCUT2D eigenvalue weighted by molar-refractivity contribution is 5.87. The minimum absolute atomic E-state index is 0.940. The van der Waals surface area contributed by atoms with Crippen molar-refractivity contribution < 1.29 is 4.74 Å². The Kier molecular flexibility index (Phi) is 2.90. The first-order valence-corrected chi connectivity index (χ1v) is 5.87. The third-order valence-electron chi connectivity index (χ3n) is 3.33. The van der Waals surface area contributed by atoms with Crippen LogP contribution in [0.3, 0.4) is 0 Å². The van der Waals surface area contributed by atoms with Gasteiger partial charge in [0.25, 0.3) is 0 Å². The van der Waals surface area contributed by atoms with Gasteiger partial charge in [-0.05, 0) is 36.6 Å². The van der Waals surface area contributed by atoms with E-state index in [1.165, 1.54) is 22.2 Å². The van der Waals surface area contributed by atoms with Crippen LogP contribution in [0.4, 0.5) is 0 Å². The average molecular weight is 217 g/mol. The molecule has 1 aromatic heterocycles. The third kappa shape index (κ3) is 1.49. The SMILES string of the molecule is CCc1c(CC)n(C)c2ccc(OC)cc12. The Morgan fingerprint density at radius 3 is 2.50 bits per heavy atom. The molecule has 2 rings (SSSR count). The summed E-state index contributed by atoms with van der Waals surface area (Å²) >= 11 is 0. The van der Waals surface area contributed by atoms with Crippen LogP contribution in [0.25, 0.3) is 10.9 Å². The van der Waals surface area contributed by atoms with E-state index in [1.807, 2.05) is 6.07 Å². The summed E-state index contributed by atoms with van der Waals surface area (Å²) in [5.41, 5.74) is 4.19. The number of nitrogens with zero attached hydrogens (tertiary/aromatic N) is 1. The van der Waals surface area contributed by atoms with E-state index in [-0.39, 0.29) is 0 Å². The minimum Gasteiger partial charge on any atom is -0.497 e. The monoisotopic (exact) mass is 217 g/mol. The lowest BCUT2D eigenvalue weighted by Crippen LogP contribution is -1.96. The van der Waals surface area contributed by atoms with Gasteiger partial charge in [0.05, 0.1) is 7.11 Å². The zero-order valence-electron chi connectivity index (χ0n) is 10.5. The van der Waals surface area contributed by atoms with Crippen LogP contribution >= 0.6 is 0 Å². The van der Waals surface area contributed by atoms with Crippen molar-refractivity contribution in [3.8, 4) is 5.75 Å². The van der Waals surface area contributed by atoms with Gasteiger partial charge in [-0.2, -0.15) is 0 Å². The first-order chi connectivity index (χ1) is 7.72. The molecule has 0 spiro atoms. The molecular formula is C14H19NO. The first-order valence-electron chi connectivity index (χ1n) is 5.87. The highest BCUT2D eigenvalue weighted by atomic mass is 16.5. The van der Waals surface area contributed by atoms with Crippen LogP contribution < -0.4 is 4.74 Å². The predicted molar refractivity (Wildman–Crippen MR) is 68.2 cm³/mol. The van der Waals surface area contributed by atoms with E-state index < -0.39 is 0 Å². The van der Waals surface area contributed by atoms with Gasteiger partial charge in [0.15, 0.2) is 0 Å². The highest BCUT2D eigenvalue weighted by Gasteiger charge is 2.12. The molecule has 86 valence electrons. The minimum atomic E-state index is 0.940. The molecule has 0 saturated heterocycles. The van der Waals surface area contributed by atoms with Crippen molar-refractivity contribution in [2.45, 2.75) is 26.7 Å². The number of fused-ring (bicyclic) bond motifs is 1. The van der Waals surface area contributed by atoms with Crippen molar-refractivity contribution in [2.75, 3.05) is 7.11 Å². The van der Waals surface area contributed by atoms with Gasteiger partial charge in [0, 0.05) is 23.6 Å². The normalized spacial score (nSPS) is 11.0. The summed E-state index contributed by atoms with van der Waals surface area (Å²) in [5.74, 6) is 0.940. The molecule has 16 heavy (non-hydrogen) atoms. The fourth-order valence-corrected chi connectivity index (χ4v) is 2.52. The van der Waals surface area contributed by atoms with Crippen LogP contribution in [-0.2, 0) is 19.9 Å². The van der Waals surface area contributed by atoms with E-state index in [0.717, 1.165) is 18.6 Å². The lowest BCUT2D eigenvalue weighted by atomic mass is 10.1. The van der Waals surface area contributed by atoms with Gasteiger partial charge in [0.1, 0.15) is 5.75 Å². The molecule has 2 nitrogen and oxygen atoms in total. The molecule has 0 radical (unpaired) electrons. The number of aryl methyl sites for hydroxylation is 2. The molecule has 2 aromatic rings. The molecule has 2 heteroatoms. The fraction of sp³-hybridized carbons (Fsp3) is 0.429. The van der Waals surface area contributed by atoms with Crippen LogP contribution in [0.2, 0.25) is 0 Å². The highest BCUT2D eigenvalue weighted by Crippen LogP contribution is 2.29. The molecule has 1 heterocycles. The van der Waals surface area contributed by atoms with Crippen molar-refractivity contribution in [3.63, 3.8) is 0 Å². The van der Waals surface area contributed by atoms with E-state index in [0.29, 0.717) is 0 Å². The molecule has 1 aromatic carbocycles. The fourth-order valence-electron chi connectivity index (χ4n) is 2.52. The Morgan fingerprint density at radius 1 is 1.19 bits per heavy atom. The van der Waals surface area contributed by atoms with E-state index >= 15 is 0 Å². The summed E-state index contributed by atoms with van der Waals surface area (Å²) in [7, 11) is 3.86. The van der Waals surface area contributed by atoms with Crippen LogP contribution in [0, 0.1) is 0 Å². The summed E-state index contributed by atoms with van der Waals surface area (Å²) in [5, 5.41) is 1.33. The number of hydrogen-bond acceptors (Lipinski definition) is 1. The van der Waals surface area contributed by atoms with Crippen molar-refractivity contribution in [1.82, 2.24) is 4.57 Å². The molecule has 0 unspecified atom stereocenters. The topological polar surface area (TPSA) is 14.2 Å². The van der Waals surface area contributed by atoms with Crippen molar-refractivity contribution >= 4 is 10.9 Å². The quantitative estimate of drug-likeness (QED) is 0.769. The molecule has 0 amide bonds. The maximum absolute atomic E-state index is 5.30. The zero-order valence-corrected chi connectivity index (χ0v) is 10.5. The molecule has 0 atom stereocenters. The molecule has 0 aliphatic rings. The largest absolute Gasteiger partial charge is 0.497 e. The maximum Gasteiger partial charge on any atom is 0.119 e. The second-order valence-corrected chi connectivity index (χ2v) is 4.07. The molecule has 0 bridgehead atoms. The van der Waals surface area contributed by atoms with Gasteiger partial charge in [-0.1, -0.05) is 13.8 Å². The molecule has 0 N–H and O–H groups in total. The third-order valence-corrected chi connectivity index (χ3v) is 3.33. The average Bonchev–Trinajstić information content (AvgIpc) is 2.60. The van der Waals surface area contributed by atoms with Crippen LogP contribution in [0.1, 0.15) is 25.1 Å². The Balaban J connectivity index is 2.78. The number of hydrogen-bond donors (Lipinski definition) is 0. The van der Waals surface area contributed by atoms with Gasteiger partial charge in [-0.3, -0.25) is 0 Å². The Labute approximate surface area is 96.8 Å². The van der Waals surface area contributed by atoms with Gasteiger partial charge >= 0.3 is 0 Å². The smallest absolute Gasteiger partial charge is 0.119 e. The summed E-state index contributed by atoms with van der Waals surface area (Å²) in [6.07, 6.45) is 2.16. The van der Waals surface area contributed by atoms with Crippen LogP contribution in [-0.4, -0.2) is 11.7 Å². The van der Waals surface area contributed by atoms with E-state index in [4.69, 9.17) is 4.74 Å². The molecule has 0 saturated carbocycles. The molecule has 0 fully saturated rings. The lowest BCUT2D eigenvalue weighted by Gasteiger charge is -2.02. The number of ether oxygens (including phenoxy) is 1. The van der Waals surface area contributed by atoms with Crippen molar-refractivity contribution in [1.29, 1.82) is 0 Å². The first kappa shape index (κ1) is 11.1. The van der Waals surface area contributed by atoms with Gasteiger partial charge < -0.3 is 9.30 Å². The summed E-state index contributed by atoms with van der Waals surface area (Å²) < 4.78 is 7.59. The number of methoxy groups -OCH3 is 1. The lowest BCUT2D eigenvalue weighted by molar-refractivity contribution is 0.415. The molecule has 0 aliphatic heterocycles. The second-order valence-electron chi connectivity index (χ2n) is 4.07. The summed E-state index contributed by atoms with van der Waals surface area (Å²) in [6.45, 7) is 4.43. The second kappa shape index (κ2) is 4.20. The Bertz CT molecular complexity index is 511. The van der Waals surface area contributed by atoms with Gasteiger partial charge in [-0.25, -0.2) is 0 Å². The van der Waals surface area contributed by atoms with Crippen molar-refractivity contribution in [3.05, 3.63) is 29.5 Å². The van der Waals surface area contributed by atoms with E-state index in [9.17, 15) is 0 Å². The maximum atomic E-state index is 5.30. The standard InChI is InChI=1S/C14H19NO/c1-5-11-12-9-10(16-4)7-8-14(12)15(3)13(11)6-2/h7-9H,5-6H2,1-4H3. The van der Waals surface area contributed by atoms with Crippen LogP contribution in [0.15, 0.2) is 18.2 Å². The molecule has 0 aliphatic carbocycles.